The molecule has 0 spiro atoms. The van der Waals surface area contributed by atoms with Crippen molar-refractivity contribution in [3.8, 4) is 0 Å². The van der Waals surface area contributed by atoms with E-state index in [1.54, 1.807) is 13.0 Å². The van der Waals surface area contributed by atoms with Crippen molar-refractivity contribution in [3.63, 3.8) is 0 Å². The van der Waals surface area contributed by atoms with Crippen LogP contribution in [0.2, 0.25) is 0 Å². The van der Waals surface area contributed by atoms with Crippen LogP contribution in [0.4, 0.5) is 9.18 Å². The lowest BCUT2D eigenvalue weighted by Crippen LogP contribution is -2.37. The van der Waals surface area contributed by atoms with E-state index in [-0.39, 0.29) is 35.5 Å². The minimum Gasteiger partial charge on any atom is -0.354 e. The highest BCUT2D eigenvalue weighted by Crippen LogP contribution is 2.31. The first-order valence-electron chi connectivity index (χ1n) is 8.57. The summed E-state index contributed by atoms with van der Waals surface area (Å²) in [5.41, 5.74) is 0.624. The second-order valence-corrected chi connectivity index (χ2v) is 7.94. The van der Waals surface area contributed by atoms with Gasteiger partial charge in [0.15, 0.2) is 5.82 Å². The average Bonchev–Trinajstić information content (AvgIpc) is 3.21. The van der Waals surface area contributed by atoms with Crippen LogP contribution in [0, 0.1) is 12.7 Å². The van der Waals surface area contributed by atoms with Crippen molar-refractivity contribution < 1.29 is 23.3 Å². The normalized spacial score (nSPS) is 15.4. The number of aromatic nitrogens is 2. The number of nitrogens with zero attached hydrogens (tertiary/aromatic N) is 3. The second kappa shape index (κ2) is 9.70. The van der Waals surface area contributed by atoms with Gasteiger partial charge in [-0.05, 0) is 35.5 Å². The molecule has 0 atom stereocenters. The summed E-state index contributed by atoms with van der Waals surface area (Å²) in [6.45, 7) is 1.92. The van der Waals surface area contributed by atoms with E-state index in [4.69, 9.17) is 4.52 Å². The summed E-state index contributed by atoms with van der Waals surface area (Å²) in [7, 11) is 0. The van der Waals surface area contributed by atoms with E-state index >= 15 is 0 Å². The molecule has 3 rings (SSSR count). The van der Waals surface area contributed by atoms with Gasteiger partial charge in [0.25, 0.3) is 11.1 Å². The second-order valence-electron chi connectivity index (χ2n) is 5.96. The van der Waals surface area contributed by atoms with Crippen molar-refractivity contribution in [2.24, 2.45) is 0 Å². The first-order chi connectivity index (χ1) is 13.9. The molecule has 0 bridgehead atoms. The van der Waals surface area contributed by atoms with Gasteiger partial charge in [0.1, 0.15) is 5.82 Å². The summed E-state index contributed by atoms with van der Waals surface area (Å²) in [4.78, 5) is 41.7. The Hall–Kier alpha value is -2.66. The SMILES string of the molecule is Cc1nc(CSCC(=O)NCCN2C(=O)S/C(=C/c3ccc(F)cc3)C2=O)no1. The van der Waals surface area contributed by atoms with E-state index in [2.05, 4.69) is 15.5 Å². The molecule has 1 aliphatic rings. The Morgan fingerprint density at radius 2 is 2.10 bits per heavy atom. The molecule has 0 aliphatic carbocycles. The molecule has 1 fully saturated rings. The van der Waals surface area contributed by atoms with Crippen LogP contribution in [-0.2, 0) is 15.3 Å². The highest BCUT2D eigenvalue weighted by molar-refractivity contribution is 8.18. The Kier molecular flexibility index (Phi) is 7.04. The molecule has 0 saturated carbocycles. The monoisotopic (exact) mass is 436 g/mol. The fourth-order valence-corrected chi connectivity index (χ4v) is 3.95. The van der Waals surface area contributed by atoms with Gasteiger partial charge in [-0.15, -0.1) is 11.8 Å². The van der Waals surface area contributed by atoms with Crippen LogP contribution in [0.5, 0.6) is 0 Å². The van der Waals surface area contributed by atoms with Crippen LogP contribution in [0.3, 0.4) is 0 Å². The number of halogens is 1. The summed E-state index contributed by atoms with van der Waals surface area (Å²) >= 11 is 2.15. The fourth-order valence-electron chi connectivity index (χ4n) is 2.40. The number of hydrogen-bond acceptors (Lipinski definition) is 8. The standard InChI is InChI=1S/C18H17FN4O4S2/c1-11-21-15(22-27-11)9-28-10-16(24)20-6-7-23-17(25)14(29-18(23)26)8-12-2-4-13(19)5-3-12/h2-5,8H,6-7,9-10H2,1H3,(H,20,24)/b14-8+. The molecular weight excluding hydrogens is 419 g/mol. The Bertz CT molecular complexity index is 946. The maximum Gasteiger partial charge on any atom is 0.293 e. The lowest BCUT2D eigenvalue weighted by atomic mass is 10.2. The molecule has 8 nitrogen and oxygen atoms in total. The Morgan fingerprint density at radius 3 is 2.79 bits per heavy atom. The minimum absolute atomic E-state index is 0.0753. The summed E-state index contributed by atoms with van der Waals surface area (Å²) < 4.78 is 17.8. The predicted molar refractivity (Wildman–Crippen MR) is 107 cm³/mol. The predicted octanol–water partition coefficient (Wildman–Crippen LogP) is 2.60. The number of nitrogens with one attached hydrogen (secondary N) is 1. The molecule has 152 valence electrons. The molecule has 1 saturated heterocycles. The van der Waals surface area contributed by atoms with Gasteiger partial charge in [0.2, 0.25) is 11.8 Å². The highest BCUT2D eigenvalue weighted by atomic mass is 32.2. The van der Waals surface area contributed by atoms with Crippen LogP contribution in [0.15, 0.2) is 33.7 Å². The number of carbonyl (C=O) groups is 3. The zero-order valence-electron chi connectivity index (χ0n) is 15.4. The lowest BCUT2D eigenvalue weighted by Gasteiger charge is -2.12. The van der Waals surface area contributed by atoms with Gasteiger partial charge in [0, 0.05) is 20.0 Å². The van der Waals surface area contributed by atoms with Crippen molar-refractivity contribution in [3.05, 3.63) is 52.3 Å². The van der Waals surface area contributed by atoms with Gasteiger partial charge in [-0.2, -0.15) is 4.98 Å². The molecule has 2 aromatic rings. The van der Waals surface area contributed by atoms with E-state index < -0.39 is 11.1 Å². The number of aryl methyl sites for hydroxylation is 1. The van der Waals surface area contributed by atoms with Crippen molar-refractivity contribution in [1.82, 2.24) is 20.4 Å². The number of amides is 3. The number of benzene rings is 1. The fraction of sp³-hybridized carbons (Fsp3) is 0.278. The Balaban J connectivity index is 1.43. The van der Waals surface area contributed by atoms with Crippen molar-refractivity contribution in [1.29, 1.82) is 0 Å². The van der Waals surface area contributed by atoms with Crippen LogP contribution in [-0.4, -0.2) is 50.9 Å². The zero-order chi connectivity index (χ0) is 20.8. The number of imide groups is 1. The van der Waals surface area contributed by atoms with E-state index in [0.29, 0.717) is 23.0 Å². The van der Waals surface area contributed by atoms with E-state index in [1.165, 1.54) is 36.0 Å². The van der Waals surface area contributed by atoms with Crippen LogP contribution in [0.1, 0.15) is 17.3 Å². The quantitative estimate of drug-likeness (QED) is 0.630. The molecule has 11 heteroatoms. The highest BCUT2D eigenvalue weighted by Gasteiger charge is 2.34. The number of hydrogen-bond donors (Lipinski definition) is 1. The molecule has 3 amide bonds. The largest absolute Gasteiger partial charge is 0.354 e. The van der Waals surface area contributed by atoms with Crippen molar-refractivity contribution in [2.75, 3.05) is 18.8 Å². The molecule has 0 unspecified atom stereocenters. The number of carbonyl (C=O) groups excluding carboxylic acids is 3. The molecule has 29 heavy (non-hydrogen) atoms. The average molecular weight is 436 g/mol. The number of thioether (sulfide) groups is 2. The van der Waals surface area contributed by atoms with Crippen molar-refractivity contribution >= 4 is 46.7 Å². The summed E-state index contributed by atoms with van der Waals surface area (Å²) in [6, 6.07) is 5.61. The van der Waals surface area contributed by atoms with Crippen LogP contribution < -0.4 is 5.32 Å². The first-order valence-corrected chi connectivity index (χ1v) is 10.5. The zero-order valence-corrected chi connectivity index (χ0v) is 17.0. The third-order valence-corrected chi connectivity index (χ3v) is 5.57. The molecule has 1 aromatic carbocycles. The molecule has 2 heterocycles. The van der Waals surface area contributed by atoms with Crippen molar-refractivity contribution in [2.45, 2.75) is 12.7 Å². The van der Waals surface area contributed by atoms with Gasteiger partial charge in [-0.3, -0.25) is 19.3 Å². The smallest absolute Gasteiger partial charge is 0.293 e. The molecule has 0 radical (unpaired) electrons. The lowest BCUT2D eigenvalue weighted by molar-refractivity contribution is -0.123. The Labute approximate surface area is 174 Å². The first kappa shape index (κ1) is 21.1. The van der Waals surface area contributed by atoms with Gasteiger partial charge in [-0.1, -0.05) is 17.3 Å². The molecule has 1 aliphatic heterocycles. The van der Waals surface area contributed by atoms with Gasteiger partial charge >= 0.3 is 0 Å². The molecule has 1 aromatic heterocycles. The number of rotatable bonds is 8. The van der Waals surface area contributed by atoms with Crippen LogP contribution >= 0.6 is 23.5 Å². The third-order valence-electron chi connectivity index (χ3n) is 3.73. The minimum atomic E-state index is -0.430. The maximum absolute atomic E-state index is 13.0. The molecule has 1 N–H and O–H groups in total. The van der Waals surface area contributed by atoms with Crippen LogP contribution in [0.25, 0.3) is 6.08 Å². The summed E-state index contributed by atoms with van der Waals surface area (Å²) in [5.74, 6) is 0.602. The van der Waals surface area contributed by atoms with Gasteiger partial charge in [-0.25, -0.2) is 4.39 Å². The third kappa shape index (κ3) is 5.91. The summed E-state index contributed by atoms with van der Waals surface area (Å²) in [6.07, 6.45) is 1.54. The van der Waals surface area contributed by atoms with E-state index in [9.17, 15) is 18.8 Å². The topological polar surface area (TPSA) is 105 Å². The van der Waals surface area contributed by atoms with E-state index in [1.807, 2.05) is 0 Å². The Morgan fingerprint density at radius 1 is 1.34 bits per heavy atom. The maximum atomic E-state index is 13.0. The molecular formula is C18H17FN4O4S2. The van der Waals surface area contributed by atoms with E-state index in [0.717, 1.165) is 16.7 Å². The summed E-state index contributed by atoms with van der Waals surface area (Å²) in [5, 5.41) is 6.01. The van der Waals surface area contributed by atoms with Gasteiger partial charge in [0.05, 0.1) is 16.4 Å². The van der Waals surface area contributed by atoms with Gasteiger partial charge < -0.3 is 9.84 Å².